The Labute approximate surface area is 143 Å². The molecule has 6 heteroatoms. The molecule has 0 aliphatic carbocycles. The molecule has 4 nitrogen and oxygen atoms in total. The number of nitrogens with zero attached hydrogens (tertiary/aromatic N) is 1. The zero-order valence-corrected chi connectivity index (χ0v) is 14.8. The maximum Gasteiger partial charge on any atom is 0.494 e. The van der Waals surface area contributed by atoms with Crippen LogP contribution in [0.1, 0.15) is 39.7 Å². The third kappa shape index (κ3) is 3.35. The molecule has 130 valence electrons. The second kappa shape index (κ2) is 6.15. The van der Waals surface area contributed by atoms with Gasteiger partial charge in [0.1, 0.15) is 6.17 Å². The zero-order chi connectivity index (χ0) is 17.5. The molecule has 2 saturated heterocycles. The van der Waals surface area contributed by atoms with Gasteiger partial charge in [0.15, 0.2) is 0 Å². The average molecular weight is 333 g/mol. The Morgan fingerprint density at radius 2 is 1.79 bits per heavy atom. The predicted molar refractivity (Wildman–Crippen MR) is 92.0 cm³/mol. The van der Waals surface area contributed by atoms with Crippen LogP contribution in [0.4, 0.5) is 4.39 Å². The normalized spacial score (nSPS) is 25.3. The van der Waals surface area contributed by atoms with Crippen LogP contribution in [-0.2, 0) is 20.5 Å². The van der Waals surface area contributed by atoms with Gasteiger partial charge in [-0.3, -0.25) is 4.79 Å². The minimum Gasteiger partial charge on any atom is -0.399 e. The first-order valence-electron chi connectivity index (χ1n) is 8.54. The van der Waals surface area contributed by atoms with Crippen molar-refractivity contribution in [2.24, 2.45) is 0 Å². The molecule has 1 atom stereocenters. The van der Waals surface area contributed by atoms with Crippen LogP contribution in [0.15, 0.2) is 24.3 Å². The number of benzene rings is 1. The highest BCUT2D eigenvalue weighted by Gasteiger charge is 2.51. The van der Waals surface area contributed by atoms with Gasteiger partial charge in [0.2, 0.25) is 5.91 Å². The molecule has 0 saturated carbocycles. The summed E-state index contributed by atoms with van der Waals surface area (Å²) in [5.74, 6) is -0.0152. The standard InChI is InChI=1S/C18H25BFNO3/c1-17(2)18(3,4)24-19(23-17)14-7-5-13(6-8-14)11-16(22)21-10-9-15(20)12-21/h5-8,15H,9-12H2,1-4H3. The number of carbonyl (C=O) groups excluding carboxylic acids is 1. The number of hydrogen-bond donors (Lipinski definition) is 0. The lowest BCUT2D eigenvalue weighted by Gasteiger charge is -2.32. The van der Waals surface area contributed by atoms with E-state index in [4.69, 9.17) is 9.31 Å². The van der Waals surface area contributed by atoms with Crippen LogP contribution in [0.3, 0.4) is 0 Å². The van der Waals surface area contributed by atoms with Crippen LogP contribution in [0.25, 0.3) is 0 Å². The highest BCUT2D eigenvalue weighted by molar-refractivity contribution is 6.62. The maximum atomic E-state index is 13.2. The van der Waals surface area contributed by atoms with Crippen LogP contribution in [-0.4, -0.2) is 48.4 Å². The number of carbonyl (C=O) groups is 1. The van der Waals surface area contributed by atoms with Crippen molar-refractivity contribution in [3.8, 4) is 0 Å². The Hall–Kier alpha value is -1.40. The van der Waals surface area contributed by atoms with E-state index < -0.39 is 13.3 Å². The van der Waals surface area contributed by atoms with Crippen LogP contribution >= 0.6 is 0 Å². The van der Waals surface area contributed by atoms with Crippen LogP contribution in [0.2, 0.25) is 0 Å². The monoisotopic (exact) mass is 333 g/mol. The SMILES string of the molecule is CC1(C)OB(c2ccc(CC(=O)N3CCC(F)C3)cc2)OC1(C)C. The Kier molecular flexibility index (Phi) is 4.47. The summed E-state index contributed by atoms with van der Waals surface area (Å²) in [6.07, 6.45) is -0.122. The van der Waals surface area contributed by atoms with E-state index in [1.807, 2.05) is 52.0 Å². The molecule has 0 aromatic heterocycles. The average Bonchev–Trinajstić information content (AvgIpc) is 3.01. The highest BCUT2D eigenvalue weighted by atomic mass is 19.1. The number of likely N-dealkylation sites (tertiary alicyclic amines) is 1. The fourth-order valence-corrected chi connectivity index (χ4v) is 3.00. The molecule has 2 heterocycles. The van der Waals surface area contributed by atoms with Crippen LogP contribution in [0, 0.1) is 0 Å². The summed E-state index contributed by atoms with van der Waals surface area (Å²) >= 11 is 0. The van der Waals surface area contributed by atoms with Gasteiger partial charge in [-0.1, -0.05) is 24.3 Å². The van der Waals surface area contributed by atoms with Gasteiger partial charge in [0.05, 0.1) is 24.2 Å². The molecule has 2 aliphatic rings. The van der Waals surface area contributed by atoms with Gasteiger partial charge in [0, 0.05) is 6.54 Å². The van der Waals surface area contributed by atoms with Crippen molar-refractivity contribution in [2.75, 3.05) is 13.1 Å². The number of amides is 1. The Bertz CT molecular complexity index is 601. The van der Waals surface area contributed by atoms with E-state index in [9.17, 15) is 9.18 Å². The molecule has 1 unspecified atom stereocenters. The van der Waals surface area contributed by atoms with Gasteiger partial charge >= 0.3 is 7.12 Å². The van der Waals surface area contributed by atoms with Crippen molar-refractivity contribution in [2.45, 2.75) is 57.9 Å². The molecule has 1 aromatic carbocycles. The first kappa shape index (κ1) is 17.4. The van der Waals surface area contributed by atoms with Gasteiger partial charge in [-0.25, -0.2) is 4.39 Å². The second-order valence-corrected chi connectivity index (χ2v) is 7.73. The lowest BCUT2D eigenvalue weighted by Crippen LogP contribution is -2.41. The van der Waals surface area contributed by atoms with Gasteiger partial charge in [-0.15, -0.1) is 0 Å². The lowest BCUT2D eigenvalue weighted by molar-refractivity contribution is -0.129. The quantitative estimate of drug-likeness (QED) is 0.795. The van der Waals surface area contributed by atoms with Crippen molar-refractivity contribution in [1.29, 1.82) is 0 Å². The lowest BCUT2D eigenvalue weighted by atomic mass is 9.79. The number of hydrogen-bond acceptors (Lipinski definition) is 3. The fourth-order valence-electron chi connectivity index (χ4n) is 3.00. The number of halogens is 1. The largest absolute Gasteiger partial charge is 0.494 e. The van der Waals surface area contributed by atoms with Crippen molar-refractivity contribution >= 4 is 18.5 Å². The summed E-state index contributed by atoms with van der Waals surface area (Å²) in [5, 5.41) is 0. The van der Waals surface area contributed by atoms with Crippen molar-refractivity contribution in [3.63, 3.8) is 0 Å². The first-order valence-corrected chi connectivity index (χ1v) is 8.54. The van der Waals surface area contributed by atoms with Crippen molar-refractivity contribution < 1.29 is 18.5 Å². The molecule has 0 radical (unpaired) electrons. The van der Waals surface area contributed by atoms with E-state index in [0.29, 0.717) is 19.4 Å². The molecule has 2 aliphatic heterocycles. The topological polar surface area (TPSA) is 38.8 Å². The molecule has 3 rings (SSSR count). The minimum atomic E-state index is -0.875. The van der Waals surface area contributed by atoms with E-state index in [2.05, 4.69) is 0 Å². The Morgan fingerprint density at radius 1 is 1.21 bits per heavy atom. The highest BCUT2D eigenvalue weighted by Crippen LogP contribution is 2.36. The molecule has 24 heavy (non-hydrogen) atoms. The van der Waals surface area contributed by atoms with E-state index >= 15 is 0 Å². The number of alkyl halides is 1. The van der Waals surface area contributed by atoms with E-state index in [-0.39, 0.29) is 23.7 Å². The van der Waals surface area contributed by atoms with Crippen LogP contribution < -0.4 is 5.46 Å². The molecule has 0 N–H and O–H groups in total. The molecule has 0 bridgehead atoms. The van der Waals surface area contributed by atoms with Gasteiger partial charge in [-0.05, 0) is 45.1 Å². The third-order valence-electron chi connectivity index (χ3n) is 5.34. The summed E-state index contributed by atoms with van der Waals surface area (Å²) in [6, 6.07) is 7.71. The van der Waals surface area contributed by atoms with Crippen molar-refractivity contribution in [3.05, 3.63) is 29.8 Å². The van der Waals surface area contributed by atoms with E-state index in [1.165, 1.54) is 0 Å². The summed E-state index contributed by atoms with van der Waals surface area (Å²) in [4.78, 5) is 13.8. The third-order valence-corrected chi connectivity index (χ3v) is 5.34. The Morgan fingerprint density at radius 3 is 2.29 bits per heavy atom. The summed E-state index contributed by atoms with van der Waals surface area (Å²) in [5.41, 5.74) is 1.12. The van der Waals surface area contributed by atoms with Gasteiger partial charge in [0.25, 0.3) is 0 Å². The fraction of sp³-hybridized carbons (Fsp3) is 0.611. The first-order chi connectivity index (χ1) is 11.2. The molecular formula is C18H25BFNO3. The molecule has 0 spiro atoms. The summed E-state index contributed by atoms with van der Waals surface area (Å²) in [7, 11) is -0.398. The number of rotatable bonds is 3. The summed E-state index contributed by atoms with van der Waals surface area (Å²) in [6.45, 7) is 8.84. The van der Waals surface area contributed by atoms with E-state index in [0.717, 1.165) is 11.0 Å². The molecule has 2 fully saturated rings. The van der Waals surface area contributed by atoms with Crippen molar-refractivity contribution in [1.82, 2.24) is 4.90 Å². The zero-order valence-electron chi connectivity index (χ0n) is 14.8. The molecule has 1 aromatic rings. The molecular weight excluding hydrogens is 308 g/mol. The van der Waals surface area contributed by atoms with Gasteiger partial charge < -0.3 is 14.2 Å². The smallest absolute Gasteiger partial charge is 0.399 e. The predicted octanol–water partition coefficient (Wildman–Crippen LogP) is 2.10. The molecule has 1 amide bonds. The van der Waals surface area contributed by atoms with E-state index in [1.54, 1.807) is 4.90 Å². The summed E-state index contributed by atoms with van der Waals surface area (Å²) < 4.78 is 25.3. The maximum absolute atomic E-state index is 13.2. The minimum absolute atomic E-state index is 0.0152. The second-order valence-electron chi connectivity index (χ2n) is 7.73. The van der Waals surface area contributed by atoms with Crippen LogP contribution in [0.5, 0.6) is 0 Å². The van der Waals surface area contributed by atoms with Gasteiger partial charge in [-0.2, -0.15) is 0 Å². The Balaban J connectivity index is 1.63.